The van der Waals surface area contributed by atoms with Crippen molar-refractivity contribution in [2.24, 2.45) is 0 Å². The summed E-state index contributed by atoms with van der Waals surface area (Å²) in [6.07, 6.45) is 0. The molecule has 26 heavy (non-hydrogen) atoms. The number of piperazine rings is 1. The summed E-state index contributed by atoms with van der Waals surface area (Å²) in [5.41, 5.74) is 4.63. The SMILES string of the molecule is Cc1cccc(N2CCN(C(C)C(=O)Nc3ccccc3Cl)CC2)c1C. The van der Waals surface area contributed by atoms with E-state index in [1.165, 1.54) is 16.8 Å². The molecule has 1 fully saturated rings. The molecule has 0 spiro atoms. The third kappa shape index (κ3) is 4.02. The Morgan fingerprint density at radius 1 is 1.04 bits per heavy atom. The fourth-order valence-electron chi connectivity index (χ4n) is 3.39. The van der Waals surface area contributed by atoms with Crippen molar-refractivity contribution in [2.45, 2.75) is 26.8 Å². The predicted molar refractivity (Wildman–Crippen MR) is 109 cm³/mol. The summed E-state index contributed by atoms with van der Waals surface area (Å²) < 4.78 is 0. The van der Waals surface area contributed by atoms with Crippen LogP contribution in [-0.2, 0) is 4.79 Å². The van der Waals surface area contributed by atoms with Crippen molar-refractivity contribution in [3.05, 3.63) is 58.6 Å². The highest BCUT2D eigenvalue weighted by atomic mass is 35.5. The summed E-state index contributed by atoms with van der Waals surface area (Å²) in [7, 11) is 0. The van der Waals surface area contributed by atoms with Crippen LogP contribution in [0.1, 0.15) is 18.1 Å². The lowest BCUT2D eigenvalue weighted by molar-refractivity contribution is -0.120. The van der Waals surface area contributed by atoms with Gasteiger partial charge in [-0.05, 0) is 50.1 Å². The van der Waals surface area contributed by atoms with Gasteiger partial charge in [0.2, 0.25) is 5.91 Å². The number of rotatable bonds is 4. The van der Waals surface area contributed by atoms with E-state index in [1.54, 1.807) is 6.07 Å². The fourth-order valence-corrected chi connectivity index (χ4v) is 3.58. The van der Waals surface area contributed by atoms with Gasteiger partial charge in [0.05, 0.1) is 16.8 Å². The molecule has 0 bridgehead atoms. The van der Waals surface area contributed by atoms with Crippen LogP contribution >= 0.6 is 11.6 Å². The van der Waals surface area contributed by atoms with Crippen LogP contribution in [0.25, 0.3) is 0 Å². The van der Waals surface area contributed by atoms with Crippen LogP contribution in [-0.4, -0.2) is 43.0 Å². The molecular weight excluding hydrogens is 346 g/mol. The van der Waals surface area contributed by atoms with Gasteiger partial charge in [-0.1, -0.05) is 35.9 Å². The molecule has 1 saturated heterocycles. The standard InChI is InChI=1S/C21H26ClN3O/c1-15-7-6-10-20(16(15)2)25-13-11-24(12-14-25)17(3)21(26)23-19-9-5-4-8-18(19)22/h4-10,17H,11-14H2,1-3H3,(H,23,26). The first-order chi connectivity index (χ1) is 12.5. The van der Waals surface area contributed by atoms with Crippen molar-refractivity contribution in [3.63, 3.8) is 0 Å². The van der Waals surface area contributed by atoms with Gasteiger partial charge < -0.3 is 10.2 Å². The molecule has 1 amide bonds. The average Bonchev–Trinajstić information content (AvgIpc) is 2.65. The second-order valence-electron chi connectivity index (χ2n) is 6.89. The first-order valence-electron chi connectivity index (χ1n) is 9.08. The quantitative estimate of drug-likeness (QED) is 0.878. The smallest absolute Gasteiger partial charge is 0.241 e. The first-order valence-corrected chi connectivity index (χ1v) is 9.46. The number of carbonyl (C=O) groups is 1. The third-order valence-electron chi connectivity index (χ3n) is 5.29. The maximum atomic E-state index is 12.6. The van der Waals surface area contributed by atoms with E-state index in [9.17, 15) is 4.79 Å². The molecule has 1 atom stereocenters. The highest BCUT2D eigenvalue weighted by Crippen LogP contribution is 2.25. The van der Waals surface area contributed by atoms with Crippen LogP contribution in [0.3, 0.4) is 0 Å². The number of amides is 1. The Labute approximate surface area is 160 Å². The molecule has 0 radical (unpaired) electrons. The van der Waals surface area contributed by atoms with Gasteiger partial charge in [-0.3, -0.25) is 9.69 Å². The van der Waals surface area contributed by atoms with Crippen molar-refractivity contribution < 1.29 is 4.79 Å². The molecule has 3 rings (SSSR count). The van der Waals surface area contributed by atoms with E-state index in [4.69, 9.17) is 11.6 Å². The molecule has 138 valence electrons. The van der Waals surface area contributed by atoms with E-state index < -0.39 is 0 Å². The molecule has 1 aliphatic heterocycles. The normalized spacial score (nSPS) is 16.4. The van der Waals surface area contributed by atoms with E-state index in [2.05, 4.69) is 47.2 Å². The Morgan fingerprint density at radius 3 is 2.42 bits per heavy atom. The topological polar surface area (TPSA) is 35.6 Å². The molecule has 0 aromatic heterocycles. The Bertz CT molecular complexity index is 785. The van der Waals surface area contributed by atoms with Gasteiger partial charge in [-0.15, -0.1) is 0 Å². The molecule has 1 aliphatic rings. The predicted octanol–water partition coefficient (Wildman–Crippen LogP) is 4.11. The Kier molecular flexibility index (Phi) is 5.84. The highest BCUT2D eigenvalue weighted by Gasteiger charge is 2.26. The van der Waals surface area contributed by atoms with Crippen LogP contribution in [0.4, 0.5) is 11.4 Å². The lowest BCUT2D eigenvalue weighted by Crippen LogP contribution is -2.53. The maximum absolute atomic E-state index is 12.6. The van der Waals surface area contributed by atoms with Crippen LogP contribution in [0.15, 0.2) is 42.5 Å². The minimum Gasteiger partial charge on any atom is -0.369 e. The molecule has 2 aromatic rings. The van der Waals surface area contributed by atoms with Gasteiger partial charge in [0.25, 0.3) is 0 Å². The van der Waals surface area contributed by atoms with E-state index in [0.29, 0.717) is 10.7 Å². The summed E-state index contributed by atoms with van der Waals surface area (Å²) in [4.78, 5) is 17.2. The lowest BCUT2D eigenvalue weighted by Gasteiger charge is -2.39. The van der Waals surface area contributed by atoms with Crippen LogP contribution < -0.4 is 10.2 Å². The number of benzene rings is 2. The van der Waals surface area contributed by atoms with Gasteiger partial charge in [0.15, 0.2) is 0 Å². The zero-order chi connectivity index (χ0) is 18.7. The van der Waals surface area contributed by atoms with E-state index in [0.717, 1.165) is 26.2 Å². The minimum absolute atomic E-state index is 0.0155. The summed E-state index contributed by atoms with van der Waals surface area (Å²) in [6, 6.07) is 13.6. The molecular formula is C21H26ClN3O. The number of hydrogen-bond donors (Lipinski definition) is 1. The molecule has 1 unspecified atom stereocenters. The summed E-state index contributed by atoms with van der Waals surface area (Å²) in [5, 5.41) is 3.50. The molecule has 2 aromatic carbocycles. The van der Waals surface area contributed by atoms with Crippen molar-refractivity contribution in [1.82, 2.24) is 4.90 Å². The number of halogens is 1. The Balaban J connectivity index is 1.59. The van der Waals surface area contributed by atoms with Crippen molar-refractivity contribution >= 4 is 28.9 Å². The zero-order valence-corrected chi connectivity index (χ0v) is 16.4. The molecule has 5 heteroatoms. The van der Waals surface area contributed by atoms with Gasteiger partial charge >= 0.3 is 0 Å². The molecule has 0 aliphatic carbocycles. The number of aryl methyl sites for hydroxylation is 1. The van der Waals surface area contributed by atoms with Crippen LogP contribution in [0.2, 0.25) is 5.02 Å². The first kappa shape index (κ1) is 18.7. The van der Waals surface area contributed by atoms with E-state index >= 15 is 0 Å². The summed E-state index contributed by atoms with van der Waals surface area (Å²) in [5.74, 6) is -0.0155. The minimum atomic E-state index is -0.188. The Morgan fingerprint density at radius 2 is 1.73 bits per heavy atom. The number of hydrogen-bond acceptors (Lipinski definition) is 3. The second kappa shape index (κ2) is 8.11. The van der Waals surface area contributed by atoms with Gasteiger partial charge in [0, 0.05) is 31.9 Å². The third-order valence-corrected chi connectivity index (χ3v) is 5.62. The number of anilines is 2. The zero-order valence-electron chi connectivity index (χ0n) is 15.6. The van der Waals surface area contributed by atoms with Crippen molar-refractivity contribution in [2.75, 3.05) is 36.4 Å². The molecule has 1 heterocycles. The molecule has 4 nitrogen and oxygen atoms in total. The summed E-state index contributed by atoms with van der Waals surface area (Å²) in [6.45, 7) is 9.86. The average molecular weight is 372 g/mol. The van der Waals surface area contributed by atoms with E-state index in [-0.39, 0.29) is 11.9 Å². The summed E-state index contributed by atoms with van der Waals surface area (Å²) >= 11 is 6.14. The van der Waals surface area contributed by atoms with Crippen molar-refractivity contribution in [1.29, 1.82) is 0 Å². The second-order valence-corrected chi connectivity index (χ2v) is 7.29. The Hall–Kier alpha value is -2.04. The fraction of sp³-hybridized carbons (Fsp3) is 0.381. The number of nitrogens with zero attached hydrogens (tertiary/aromatic N) is 2. The van der Waals surface area contributed by atoms with E-state index in [1.807, 2.05) is 25.1 Å². The van der Waals surface area contributed by atoms with Gasteiger partial charge in [-0.25, -0.2) is 0 Å². The molecule has 1 N–H and O–H groups in total. The lowest BCUT2D eigenvalue weighted by atomic mass is 10.1. The monoisotopic (exact) mass is 371 g/mol. The number of nitrogens with one attached hydrogen (secondary N) is 1. The van der Waals surface area contributed by atoms with Crippen molar-refractivity contribution in [3.8, 4) is 0 Å². The molecule has 0 saturated carbocycles. The van der Waals surface area contributed by atoms with Crippen LogP contribution in [0.5, 0.6) is 0 Å². The largest absolute Gasteiger partial charge is 0.369 e. The number of carbonyl (C=O) groups excluding carboxylic acids is 1. The van der Waals surface area contributed by atoms with Crippen LogP contribution in [0, 0.1) is 13.8 Å². The number of para-hydroxylation sites is 1. The van der Waals surface area contributed by atoms with Gasteiger partial charge in [-0.2, -0.15) is 0 Å². The maximum Gasteiger partial charge on any atom is 0.241 e. The highest BCUT2D eigenvalue weighted by molar-refractivity contribution is 6.33. The van der Waals surface area contributed by atoms with Gasteiger partial charge in [0.1, 0.15) is 0 Å².